The van der Waals surface area contributed by atoms with Gasteiger partial charge in [-0.2, -0.15) is 12.6 Å². The predicted molar refractivity (Wildman–Crippen MR) is 48.9 cm³/mol. The van der Waals surface area contributed by atoms with Crippen molar-refractivity contribution >= 4 is 18.5 Å². The topological polar surface area (TPSA) is 20.3 Å². The molecule has 0 aliphatic carbocycles. The smallest absolute Gasteiger partial charge is 0.222 e. The summed E-state index contributed by atoms with van der Waals surface area (Å²) in [5, 5.41) is 0.406. The number of likely N-dealkylation sites (tertiary alicyclic amines) is 1. The number of hydrogen-bond donors (Lipinski definition) is 1. The summed E-state index contributed by atoms with van der Waals surface area (Å²) in [7, 11) is 0. The van der Waals surface area contributed by atoms with Crippen LogP contribution in [0.15, 0.2) is 0 Å². The lowest BCUT2D eigenvalue weighted by atomic mass is 10.3. The Labute approximate surface area is 73.4 Å². The lowest BCUT2D eigenvalue weighted by molar-refractivity contribution is -0.127. The Bertz CT molecular complexity index is 147. The third-order valence-corrected chi connectivity index (χ3v) is 2.25. The molecule has 1 aliphatic rings. The van der Waals surface area contributed by atoms with Gasteiger partial charge in [-0.25, -0.2) is 0 Å². The summed E-state index contributed by atoms with van der Waals surface area (Å²) in [4.78, 5) is 13.0. The molecule has 2 nitrogen and oxygen atoms in total. The van der Waals surface area contributed by atoms with Gasteiger partial charge in [0.15, 0.2) is 0 Å². The number of amides is 1. The highest BCUT2D eigenvalue weighted by Gasteiger charge is 2.19. The lowest BCUT2D eigenvalue weighted by Gasteiger charge is -2.15. The third-order valence-electron chi connectivity index (χ3n) is 1.99. The molecule has 0 saturated carbocycles. The molecule has 0 spiro atoms. The fourth-order valence-electron chi connectivity index (χ4n) is 1.28. The summed E-state index contributed by atoms with van der Waals surface area (Å²) < 4.78 is 0. The van der Waals surface area contributed by atoms with Gasteiger partial charge < -0.3 is 4.90 Å². The third kappa shape index (κ3) is 2.73. The zero-order valence-electron chi connectivity index (χ0n) is 6.92. The molecular weight excluding hydrogens is 158 g/mol. The SMILES string of the molecule is CC(S)CCN1CCCC1=O. The van der Waals surface area contributed by atoms with E-state index >= 15 is 0 Å². The quantitative estimate of drug-likeness (QED) is 0.638. The summed E-state index contributed by atoms with van der Waals surface area (Å²) in [6, 6.07) is 0. The first kappa shape index (κ1) is 8.91. The molecule has 1 heterocycles. The zero-order chi connectivity index (χ0) is 8.27. The van der Waals surface area contributed by atoms with E-state index in [0.29, 0.717) is 11.2 Å². The second-order valence-electron chi connectivity index (χ2n) is 3.12. The van der Waals surface area contributed by atoms with Crippen LogP contribution in [0.1, 0.15) is 26.2 Å². The lowest BCUT2D eigenvalue weighted by Crippen LogP contribution is -2.26. The van der Waals surface area contributed by atoms with Crippen molar-refractivity contribution in [1.82, 2.24) is 4.90 Å². The number of hydrogen-bond acceptors (Lipinski definition) is 2. The first-order chi connectivity index (χ1) is 5.20. The number of carbonyl (C=O) groups excluding carboxylic acids is 1. The van der Waals surface area contributed by atoms with Crippen molar-refractivity contribution in [2.45, 2.75) is 31.4 Å². The average Bonchev–Trinajstić information content (AvgIpc) is 2.31. The second-order valence-corrected chi connectivity index (χ2v) is 4.00. The largest absolute Gasteiger partial charge is 0.343 e. The van der Waals surface area contributed by atoms with Crippen LogP contribution in [0.4, 0.5) is 0 Å². The van der Waals surface area contributed by atoms with E-state index in [4.69, 9.17) is 0 Å². The van der Waals surface area contributed by atoms with E-state index in [2.05, 4.69) is 19.6 Å². The molecule has 1 aliphatic heterocycles. The highest BCUT2D eigenvalue weighted by Crippen LogP contribution is 2.11. The van der Waals surface area contributed by atoms with Gasteiger partial charge in [0.05, 0.1) is 0 Å². The van der Waals surface area contributed by atoms with Crippen LogP contribution in [0.5, 0.6) is 0 Å². The maximum Gasteiger partial charge on any atom is 0.222 e. The van der Waals surface area contributed by atoms with Crippen molar-refractivity contribution in [3.63, 3.8) is 0 Å². The molecule has 0 bridgehead atoms. The Balaban J connectivity index is 2.20. The summed E-state index contributed by atoms with van der Waals surface area (Å²) in [5.41, 5.74) is 0. The summed E-state index contributed by atoms with van der Waals surface area (Å²) in [6.07, 6.45) is 2.80. The fourth-order valence-corrected chi connectivity index (χ4v) is 1.40. The standard InChI is InChI=1S/C8H15NOS/c1-7(11)4-6-9-5-2-3-8(9)10/h7,11H,2-6H2,1H3. The van der Waals surface area contributed by atoms with Crippen molar-refractivity contribution in [3.8, 4) is 0 Å². The van der Waals surface area contributed by atoms with Crippen LogP contribution in [0, 0.1) is 0 Å². The molecule has 1 saturated heterocycles. The molecular formula is C8H15NOS. The minimum Gasteiger partial charge on any atom is -0.343 e. The van der Waals surface area contributed by atoms with Crippen molar-refractivity contribution in [2.24, 2.45) is 0 Å². The molecule has 0 aromatic carbocycles. The van der Waals surface area contributed by atoms with E-state index < -0.39 is 0 Å². The molecule has 3 heteroatoms. The molecule has 1 fully saturated rings. The average molecular weight is 173 g/mol. The number of thiol groups is 1. The zero-order valence-corrected chi connectivity index (χ0v) is 7.81. The van der Waals surface area contributed by atoms with E-state index in [-0.39, 0.29) is 0 Å². The Hall–Kier alpha value is -0.180. The van der Waals surface area contributed by atoms with E-state index in [9.17, 15) is 4.79 Å². The van der Waals surface area contributed by atoms with Gasteiger partial charge in [-0.1, -0.05) is 6.92 Å². The maximum absolute atomic E-state index is 11.1. The first-order valence-electron chi connectivity index (χ1n) is 4.16. The Morgan fingerprint density at radius 3 is 2.91 bits per heavy atom. The second kappa shape index (κ2) is 4.00. The van der Waals surface area contributed by atoms with Crippen molar-refractivity contribution in [3.05, 3.63) is 0 Å². The fraction of sp³-hybridized carbons (Fsp3) is 0.875. The van der Waals surface area contributed by atoms with Gasteiger partial charge in [-0.15, -0.1) is 0 Å². The van der Waals surface area contributed by atoms with Gasteiger partial charge in [0.1, 0.15) is 0 Å². The van der Waals surface area contributed by atoms with E-state index in [1.807, 2.05) is 4.90 Å². The number of rotatable bonds is 3. The van der Waals surface area contributed by atoms with Gasteiger partial charge in [0.2, 0.25) is 5.91 Å². The minimum absolute atomic E-state index is 0.319. The monoisotopic (exact) mass is 173 g/mol. The van der Waals surface area contributed by atoms with E-state index in [1.54, 1.807) is 0 Å². The van der Waals surface area contributed by atoms with Crippen LogP contribution in [-0.4, -0.2) is 29.1 Å². The van der Waals surface area contributed by atoms with Crippen LogP contribution >= 0.6 is 12.6 Å². The van der Waals surface area contributed by atoms with Crippen LogP contribution < -0.4 is 0 Å². The minimum atomic E-state index is 0.319. The summed E-state index contributed by atoms with van der Waals surface area (Å²) in [5.74, 6) is 0.319. The van der Waals surface area contributed by atoms with Crippen molar-refractivity contribution in [1.29, 1.82) is 0 Å². The molecule has 1 atom stereocenters. The van der Waals surface area contributed by atoms with Gasteiger partial charge in [0, 0.05) is 24.8 Å². The van der Waals surface area contributed by atoms with Crippen LogP contribution in [-0.2, 0) is 4.79 Å². The van der Waals surface area contributed by atoms with Crippen molar-refractivity contribution in [2.75, 3.05) is 13.1 Å². The van der Waals surface area contributed by atoms with Gasteiger partial charge in [0.25, 0.3) is 0 Å². The molecule has 11 heavy (non-hydrogen) atoms. The highest BCUT2D eigenvalue weighted by molar-refractivity contribution is 7.80. The Morgan fingerprint density at radius 2 is 2.45 bits per heavy atom. The summed E-state index contributed by atoms with van der Waals surface area (Å²) in [6.45, 7) is 3.91. The number of carbonyl (C=O) groups is 1. The van der Waals surface area contributed by atoms with Crippen molar-refractivity contribution < 1.29 is 4.79 Å². The highest BCUT2D eigenvalue weighted by atomic mass is 32.1. The predicted octanol–water partition coefficient (Wildman–Crippen LogP) is 1.32. The van der Waals surface area contributed by atoms with Crippen LogP contribution in [0.3, 0.4) is 0 Å². The molecule has 0 aromatic rings. The molecule has 0 aromatic heterocycles. The first-order valence-corrected chi connectivity index (χ1v) is 4.67. The Kier molecular flexibility index (Phi) is 3.24. The van der Waals surface area contributed by atoms with E-state index in [1.165, 1.54) is 0 Å². The molecule has 1 rings (SSSR count). The van der Waals surface area contributed by atoms with Crippen LogP contribution in [0.25, 0.3) is 0 Å². The van der Waals surface area contributed by atoms with E-state index in [0.717, 1.165) is 32.4 Å². The molecule has 0 N–H and O–H groups in total. The van der Waals surface area contributed by atoms with Gasteiger partial charge >= 0.3 is 0 Å². The normalized spacial score (nSPS) is 20.9. The molecule has 64 valence electrons. The Morgan fingerprint density at radius 1 is 1.73 bits per heavy atom. The summed E-state index contributed by atoms with van der Waals surface area (Å²) >= 11 is 4.26. The molecule has 0 radical (unpaired) electrons. The molecule has 1 amide bonds. The maximum atomic E-state index is 11.1. The van der Waals surface area contributed by atoms with Crippen LogP contribution in [0.2, 0.25) is 0 Å². The number of nitrogens with zero attached hydrogens (tertiary/aromatic N) is 1. The molecule has 1 unspecified atom stereocenters. The van der Waals surface area contributed by atoms with Gasteiger partial charge in [-0.3, -0.25) is 4.79 Å². The van der Waals surface area contributed by atoms with Gasteiger partial charge in [-0.05, 0) is 12.8 Å².